The summed E-state index contributed by atoms with van der Waals surface area (Å²) in [7, 11) is 1.60. The minimum Gasteiger partial charge on any atom is -0.496 e. The summed E-state index contributed by atoms with van der Waals surface area (Å²) in [5.74, 6) is -0.662. The quantitative estimate of drug-likeness (QED) is 0.603. The maximum Gasteiger partial charge on any atom is 0.266 e. The van der Waals surface area contributed by atoms with E-state index in [9.17, 15) is 9.59 Å². The van der Waals surface area contributed by atoms with Gasteiger partial charge in [-0.05, 0) is 42.8 Å². The number of imide groups is 1. The molecular weight excluding hydrogens is 392 g/mol. The van der Waals surface area contributed by atoms with E-state index in [1.165, 1.54) is 4.90 Å². The van der Waals surface area contributed by atoms with Crippen molar-refractivity contribution in [1.82, 2.24) is 0 Å². The maximum atomic E-state index is 13.6. The zero-order valence-electron chi connectivity index (χ0n) is 17.3. The van der Waals surface area contributed by atoms with Gasteiger partial charge >= 0.3 is 0 Å². The molecule has 2 heterocycles. The molecule has 2 amide bonds. The van der Waals surface area contributed by atoms with Crippen LogP contribution >= 0.6 is 0 Å². The van der Waals surface area contributed by atoms with Crippen molar-refractivity contribution in [2.24, 2.45) is 5.92 Å². The van der Waals surface area contributed by atoms with Gasteiger partial charge in [0.05, 0.1) is 24.5 Å². The van der Waals surface area contributed by atoms with Gasteiger partial charge in [0.25, 0.3) is 5.91 Å². The molecule has 0 radical (unpaired) electrons. The molecule has 0 saturated carbocycles. The third-order valence-corrected chi connectivity index (χ3v) is 5.84. The number of amides is 2. The number of ether oxygens (including phenoxy) is 1. The van der Waals surface area contributed by atoms with Gasteiger partial charge in [0.15, 0.2) is 6.10 Å². The van der Waals surface area contributed by atoms with Crippen LogP contribution in [0.2, 0.25) is 0 Å². The van der Waals surface area contributed by atoms with Crippen LogP contribution in [-0.2, 0) is 14.4 Å². The number of para-hydroxylation sites is 2. The molecular formula is C25H22N2O4. The first-order chi connectivity index (χ1) is 15.1. The van der Waals surface area contributed by atoms with Crippen LogP contribution in [0.4, 0.5) is 11.4 Å². The summed E-state index contributed by atoms with van der Waals surface area (Å²) in [6, 6.07) is 23.9. The van der Waals surface area contributed by atoms with Crippen LogP contribution in [0.15, 0.2) is 78.9 Å². The lowest BCUT2D eigenvalue weighted by molar-refractivity contribution is -0.126. The molecule has 5 rings (SSSR count). The number of benzene rings is 3. The predicted octanol–water partition coefficient (Wildman–Crippen LogP) is 4.05. The molecule has 2 aliphatic heterocycles. The van der Waals surface area contributed by atoms with E-state index in [1.54, 1.807) is 18.2 Å². The average molecular weight is 414 g/mol. The number of anilines is 2. The number of hydrogen-bond donors (Lipinski definition) is 0. The van der Waals surface area contributed by atoms with Gasteiger partial charge in [0, 0.05) is 5.56 Å². The summed E-state index contributed by atoms with van der Waals surface area (Å²) in [6.45, 7) is 1.93. The fourth-order valence-electron chi connectivity index (χ4n) is 4.46. The number of nitrogens with zero attached hydrogens (tertiary/aromatic N) is 2. The summed E-state index contributed by atoms with van der Waals surface area (Å²) >= 11 is 0. The summed E-state index contributed by atoms with van der Waals surface area (Å²) in [6.07, 6.45) is -0.900. The Balaban J connectivity index is 1.62. The summed E-state index contributed by atoms with van der Waals surface area (Å²) in [4.78, 5) is 34.4. The molecule has 2 aliphatic rings. The highest BCUT2D eigenvalue weighted by atomic mass is 16.7. The average Bonchev–Trinajstić information content (AvgIpc) is 3.30. The molecule has 0 N–H and O–H groups in total. The number of aryl methyl sites for hydroxylation is 1. The number of hydroxylamine groups is 1. The second kappa shape index (κ2) is 7.56. The molecule has 0 spiro atoms. The number of carbonyl (C=O) groups excluding carboxylic acids is 2. The van der Waals surface area contributed by atoms with Crippen LogP contribution in [0.5, 0.6) is 5.75 Å². The number of carbonyl (C=O) groups is 2. The number of hydrogen-bond acceptors (Lipinski definition) is 5. The molecule has 3 atom stereocenters. The SMILES string of the molecule is COc1ccccc1[C@@H]1[C@@H]2C(=O)N(c3cccc(C)c3)C(=O)[C@H]2ON1c1ccccc1. The molecule has 6 heteroatoms. The highest BCUT2D eigenvalue weighted by molar-refractivity contribution is 6.24. The van der Waals surface area contributed by atoms with E-state index in [1.807, 2.05) is 79.7 Å². The van der Waals surface area contributed by atoms with Crippen molar-refractivity contribution in [3.8, 4) is 5.75 Å². The molecule has 0 aromatic heterocycles. The van der Waals surface area contributed by atoms with Gasteiger partial charge in [-0.2, -0.15) is 0 Å². The van der Waals surface area contributed by atoms with E-state index in [0.717, 1.165) is 16.8 Å². The Morgan fingerprint density at radius 1 is 0.839 bits per heavy atom. The van der Waals surface area contributed by atoms with E-state index >= 15 is 0 Å². The lowest BCUT2D eigenvalue weighted by atomic mass is 9.90. The monoisotopic (exact) mass is 414 g/mol. The molecule has 31 heavy (non-hydrogen) atoms. The van der Waals surface area contributed by atoms with Crippen molar-refractivity contribution in [3.63, 3.8) is 0 Å². The van der Waals surface area contributed by atoms with Crippen LogP contribution in [0.25, 0.3) is 0 Å². The molecule has 3 aromatic rings. The Labute approximate surface area is 180 Å². The van der Waals surface area contributed by atoms with Crippen molar-refractivity contribution < 1.29 is 19.2 Å². The van der Waals surface area contributed by atoms with Crippen LogP contribution in [0.1, 0.15) is 17.2 Å². The summed E-state index contributed by atoms with van der Waals surface area (Å²) in [5, 5.41) is 1.68. The van der Waals surface area contributed by atoms with Crippen molar-refractivity contribution in [2.75, 3.05) is 17.1 Å². The Kier molecular flexibility index (Phi) is 4.71. The van der Waals surface area contributed by atoms with Gasteiger partial charge in [0.1, 0.15) is 11.7 Å². The van der Waals surface area contributed by atoms with Gasteiger partial charge in [0.2, 0.25) is 5.91 Å². The normalized spacial score (nSPS) is 22.7. The first-order valence-corrected chi connectivity index (χ1v) is 10.2. The van der Waals surface area contributed by atoms with Gasteiger partial charge in [-0.1, -0.05) is 48.5 Å². The smallest absolute Gasteiger partial charge is 0.266 e. The number of rotatable bonds is 4. The van der Waals surface area contributed by atoms with Gasteiger partial charge in [-0.25, -0.2) is 9.96 Å². The first kappa shape index (κ1) is 19.3. The third kappa shape index (κ3) is 3.07. The van der Waals surface area contributed by atoms with Crippen LogP contribution in [-0.4, -0.2) is 25.0 Å². The number of methoxy groups -OCH3 is 1. The second-order valence-corrected chi connectivity index (χ2v) is 7.75. The zero-order chi connectivity index (χ0) is 21.5. The Bertz CT molecular complexity index is 1150. The van der Waals surface area contributed by atoms with E-state index in [0.29, 0.717) is 11.4 Å². The topological polar surface area (TPSA) is 59.1 Å². The molecule has 0 bridgehead atoms. The lowest BCUT2D eigenvalue weighted by Gasteiger charge is -2.29. The first-order valence-electron chi connectivity index (χ1n) is 10.2. The molecule has 3 aromatic carbocycles. The van der Waals surface area contributed by atoms with Crippen molar-refractivity contribution >= 4 is 23.2 Å². The Morgan fingerprint density at radius 3 is 2.29 bits per heavy atom. The van der Waals surface area contributed by atoms with Crippen molar-refractivity contribution in [3.05, 3.63) is 90.0 Å². The van der Waals surface area contributed by atoms with Crippen molar-refractivity contribution in [2.45, 2.75) is 19.1 Å². The molecule has 6 nitrogen and oxygen atoms in total. The third-order valence-electron chi connectivity index (χ3n) is 5.84. The fraction of sp³-hybridized carbons (Fsp3) is 0.200. The van der Waals surface area contributed by atoms with E-state index in [2.05, 4.69) is 0 Å². The minimum atomic E-state index is -0.900. The van der Waals surface area contributed by atoms with E-state index in [-0.39, 0.29) is 11.8 Å². The second-order valence-electron chi connectivity index (χ2n) is 7.75. The molecule has 0 aliphatic carbocycles. The van der Waals surface area contributed by atoms with Gasteiger partial charge in [-0.15, -0.1) is 0 Å². The largest absolute Gasteiger partial charge is 0.496 e. The highest BCUT2D eigenvalue weighted by Crippen LogP contribution is 2.49. The zero-order valence-corrected chi connectivity index (χ0v) is 17.3. The van der Waals surface area contributed by atoms with Crippen LogP contribution in [0.3, 0.4) is 0 Å². The van der Waals surface area contributed by atoms with Crippen LogP contribution < -0.4 is 14.7 Å². The molecule has 0 unspecified atom stereocenters. The predicted molar refractivity (Wildman–Crippen MR) is 117 cm³/mol. The highest BCUT2D eigenvalue weighted by Gasteiger charge is 2.60. The Morgan fingerprint density at radius 2 is 1.55 bits per heavy atom. The van der Waals surface area contributed by atoms with Crippen molar-refractivity contribution in [1.29, 1.82) is 0 Å². The summed E-state index contributed by atoms with van der Waals surface area (Å²) < 4.78 is 5.59. The minimum absolute atomic E-state index is 0.269. The molecule has 2 fully saturated rings. The summed E-state index contributed by atoms with van der Waals surface area (Å²) in [5.41, 5.74) is 3.12. The van der Waals surface area contributed by atoms with E-state index < -0.39 is 18.1 Å². The Hall–Kier alpha value is -3.64. The lowest BCUT2D eigenvalue weighted by Crippen LogP contribution is -2.37. The molecule has 2 saturated heterocycles. The molecule has 156 valence electrons. The maximum absolute atomic E-state index is 13.6. The van der Waals surface area contributed by atoms with Gasteiger partial charge in [-0.3, -0.25) is 14.4 Å². The van der Waals surface area contributed by atoms with E-state index in [4.69, 9.17) is 9.57 Å². The van der Waals surface area contributed by atoms with Gasteiger partial charge < -0.3 is 4.74 Å². The number of fused-ring (bicyclic) bond motifs is 1. The standard InChI is InChI=1S/C25H22N2O4/c1-16-9-8-12-18(15-16)26-24(28)21-22(19-13-6-7-14-20(19)30-2)27(31-23(21)25(26)29)17-10-4-3-5-11-17/h3-15,21-23H,1-2H3/t21-,22+,23-/m0/s1. The van der Waals surface area contributed by atoms with Crippen LogP contribution in [0, 0.1) is 12.8 Å². The fourth-order valence-corrected chi connectivity index (χ4v) is 4.46.